The zero-order valence-corrected chi connectivity index (χ0v) is 12.8. The van der Waals surface area contributed by atoms with E-state index in [1.807, 2.05) is 17.0 Å². The van der Waals surface area contributed by atoms with Crippen molar-refractivity contribution < 1.29 is 14.7 Å². The second kappa shape index (κ2) is 6.23. The lowest BCUT2D eigenvalue weighted by atomic mass is 10.2. The fraction of sp³-hybridized carbons (Fsp3) is 0.250. The predicted molar refractivity (Wildman–Crippen MR) is 83.4 cm³/mol. The van der Waals surface area contributed by atoms with Crippen LogP contribution in [0.5, 0.6) is 0 Å². The van der Waals surface area contributed by atoms with E-state index in [1.54, 1.807) is 36.5 Å². The molecule has 1 aromatic heterocycles. The van der Waals surface area contributed by atoms with Gasteiger partial charge in [-0.3, -0.25) is 9.69 Å². The van der Waals surface area contributed by atoms with Crippen LogP contribution in [0.15, 0.2) is 48.7 Å². The van der Waals surface area contributed by atoms with Gasteiger partial charge in [-0.2, -0.15) is 0 Å². The molecule has 1 saturated heterocycles. The number of pyridine rings is 1. The van der Waals surface area contributed by atoms with Gasteiger partial charge in [0.1, 0.15) is 19.3 Å². The molecule has 0 unspecified atom stereocenters. The third kappa shape index (κ3) is 2.99. The van der Waals surface area contributed by atoms with E-state index in [-0.39, 0.29) is 5.91 Å². The lowest BCUT2D eigenvalue weighted by molar-refractivity contribution is -0.894. The van der Waals surface area contributed by atoms with Crippen molar-refractivity contribution in [2.24, 2.45) is 0 Å². The molecule has 1 N–H and O–H groups in total. The van der Waals surface area contributed by atoms with Gasteiger partial charge >= 0.3 is 5.82 Å². The Morgan fingerprint density at radius 3 is 2.36 bits per heavy atom. The molecule has 1 aliphatic rings. The SMILES string of the molecule is O=C(c1ccc(Cl)cc1)N1CCN(c2cccc[n+]2O)CC1. The molecule has 1 fully saturated rings. The molecule has 0 atom stereocenters. The molecule has 3 rings (SSSR count). The summed E-state index contributed by atoms with van der Waals surface area (Å²) in [5, 5.41) is 10.4. The molecule has 1 aliphatic heterocycles. The summed E-state index contributed by atoms with van der Waals surface area (Å²) in [6.07, 6.45) is 1.60. The maximum atomic E-state index is 12.4. The Bertz CT molecular complexity index is 667. The number of halogens is 1. The zero-order valence-electron chi connectivity index (χ0n) is 12.0. The Morgan fingerprint density at radius 2 is 1.73 bits per heavy atom. The first-order valence-electron chi connectivity index (χ1n) is 7.15. The van der Waals surface area contributed by atoms with Crippen molar-refractivity contribution in [2.45, 2.75) is 0 Å². The number of benzene rings is 1. The molecule has 114 valence electrons. The molecule has 22 heavy (non-hydrogen) atoms. The first kappa shape index (κ1) is 14.7. The quantitative estimate of drug-likeness (QED) is 0.679. The highest BCUT2D eigenvalue weighted by atomic mass is 35.5. The number of rotatable bonds is 2. The van der Waals surface area contributed by atoms with Crippen LogP contribution >= 0.6 is 11.6 Å². The van der Waals surface area contributed by atoms with Crippen LogP contribution in [0.1, 0.15) is 10.4 Å². The zero-order chi connectivity index (χ0) is 15.5. The molecule has 1 aromatic carbocycles. The predicted octanol–water partition coefficient (Wildman–Crippen LogP) is 1.83. The molecule has 0 bridgehead atoms. The first-order valence-corrected chi connectivity index (χ1v) is 7.53. The highest BCUT2D eigenvalue weighted by Crippen LogP contribution is 2.15. The van der Waals surface area contributed by atoms with E-state index in [9.17, 15) is 10.0 Å². The molecule has 1 amide bonds. The minimum atomic E-state index is 0.0150. The van der Waals surface area contributed by atoms with Gasteiger partial charge in [-0.15, -0.1) is 0 Å². The summed E-state index contributed by atoms with van der Waals surface area (Å²) in [7, 11) is 0. The van der Waals surface area contributed by atoms with Gasteiger partial charge in [-0.1, -0.05) is 22.4 Å². The number of piperazine rings is 1. The number of anilines is 1. The summed E-state index contributed by atoms with van der Waals surface area (Å²) < 4.78 is 1.11. The van der Waals surface area contributed by atoms with Crippen molar-refractivity contribution in [3.05, 3.63) is 59.2 Å². The topological polar surface area (TPSA) is 47.7 Å². The Labute approximate surface area is 133 Å². The number of hydrogen-bond donors (Lipinski definition) is 1. The van der Waals surface area contributed by atoms with Crippen molar-refractivity contribution >= 4 is 23.3 Å². The van der Waals surface area contributed by atoms with E-state index in [0.29, 0.717) is 36.8 Å². The van der Waals surface area contributed by atoms with Crippen molar-refractivity contribution in [3.63, 3.8) is 0 Å². The maximum absolute atomic E-state index is 12.4. The van der Waals surface area contributed by atoms with Gasteiger partial charge in [0.25, 0.3) is 5.91 Å². The lowest BCUT2D eigenvalue weighted by Crippen LogP contribution is -2.52. The van der Waals surface area contributed by atoms with Crippen molar-refractivity contribution in [1.82, 2.24) is 4.90 Å². The van der Waals surface area contributed by atoms with Crippen LogP contribution in [0.3, 0.4) is 0 Å². The molecule has 6 heteroatoms. The maximum Gasteiger partial charge on any atom is 0.316 e. The summed E-state index contributed by atoms with van der Waals surface area (Å²) in [4.78, 5) is 16.3. The summed E-state index contributed by atoms with van der Waals surface area (Å²) in [5.74, 6) is 0.752. The van der Waals surface area contributed by atoms with Gasteiger partial charge in [0.2, 0.25) is 0 Å². The summed E-state index contributed by atoms with van der Waals surface area (Å²) in [6.45, 7) is 2.61. The number of carbonyl (C=O) groups excluding carboxylic acids is 1. The molecule has 0 spiro atoms. The van der Waals surface area contributed by atoms with Crippen LogP contribution in [0.25, 0.3) is 0 Å². The van der Waals surface area contributed by atoms with Gasteiger partial charge < -0.3 is 10.1 Å². The molecule has 0 radical (unpaired) electrons. The van der Waals surface area contributed by atoms with Crippen LogP contribution in [-0.4, -0.2) is 42.2 Å². The van der Waals surface area contributed by atoms with Crippen molar-refractivity contribution in [3.8, 4) is 0 Å². The van der Waals surface area contributed by atoms with Crippen LogP contribution in [0.4, 0.5) is 5.82 Å². The largest absolute Gasteiger partial charge is 0.350 e. The van der Waals surface area contributed by atoms with Gasteiger partial charge in [0.15, 0.2) is 0 Å². The summed E-state index contributed by atoms with van der Waals surface area (Å²) in [5.41, 5.74) is 0.648. The number of hydrogen-bond acceptors (Lipinski definition) is 3. The third-order valence-corrected chi connectivity index (χ3v) is 4.05. The fourth-order valence-corrected chi connectivity index (χ4v) is 2.72. The number of aromatic nitrogens is 1. The number of amides is 1. The Hall–Kier alpha value is -2.27. The monoisotopic (exact) mass is 318 g/mol. The molecule has 5 nitrogen and oxygen atoms in total. The van der Waals surface area contributed by atoms with E-state index >= 15 is 0 Å². The van der Waals surface area contributed by atoms with Crippen LogP contribution in [0.2, 0.25) is 5.02 Å². The Kier molecular flexibility index (Phi) is 4.15. The highest BCUT2D eigenvalue weighted by Gasteiger charge is 2.28. The van der Waals surface area contributed by atoms with Crippen LogP contribution < -0.4 is 9.63 Å². The normalized spacial score (nSPS) is 15.0. The summed E-state index contributed by atoms with van der Waals surface area (Å²) >= 11 is 5.85. The summed E-state index contributed by atoms with van der Waals surface area (Å²) in [6, 6.07) is 12.5. The molecule has 0 aliphatic carbocycles. The highest BCUT2D eigenvalue weighted by molar-refractivity contribution is 6.30. The minimum Gasteiger partial charge on any atom is -0.350 e. The molecule has 2 aromatic rings. The van der Waals surface area contributed by atoms with Crippen molar-refractivity contribution in [1.29, 1.82) is 0 Å². The molecule has 2 heterocycles. The van der Waals surface area contributed by atoms with Gasteiger partial charge in [0, 0.05) is 16.7 Å². The first-order chi connectivity index (χ1) is 10.6. The Morgan fingerprint density at radius 1 is 1.05 bits per heavy atom. The smallest absolute Gasteiger partial charge is 0.316 e. The lowest BCUT2D eigenvalue weighted by Gasteiger charge is -2.31. The van der Waals surface area contributed by atoms with E-state index in [0.717, 1.165) is 10.5 Å². The molecular formula is C16H17ClN3O2+. The van der Waals surface area contributed by atoms with E-state index in [2.05, 4.69) is 4.90 Å². The van der Waals surface area contributed by atoms with E-state index < -0.39 is 0 Å². The average molecular weight is 319 g/mol. The number of nitrogens with zero attached hydrogens (tertiary/aromatic N) is 3. The second-order valence-electron chi connectivity index (χ2n) is 5.19. The second-order valence-corrected chi connectivity index (χ2v) is 5.63. The average Bonchev–Trinajstić information content (AvgIpc) is 2.56. The standard InChI is InChI=1S/C16H17ClN3O2/c17-14-6-4-13(5-7-14)16(21)19-11-9-18(10-12-19)15-3-1-2-8-20(15)22/h1-8,22H,9-12H2/q+1. The molecule has 0 saturated carbocycles. The van der Waals surface area contributed by atoms with Crippen LogP contribution in [-0.2, 0) is 0 Å². The van der Waals surface area contributed by atoms with E-state index in [4.69, 9.17) is 11.6 Å². The van der Waals surface area contributed by atoms with Gasteiger partial charge in [-0.05, 0) is 30.3 Å². The molecular weight excluding hydrogens is 302 g/mol. The number of carbonyl (C=O) groups is 1. The Balaban J connectivity index is 1.65. The van der Waals surface area contributed by atoms with E-state index in [1.165, 1.54) is 0 Å². The van der Waals surface area contributed by atoms with Gasteiger partial charge in [-0.25, -0.2) is 0 Å². The fourth-order valence-electron chi connectivity index (χ4n) is 2.59. The van der Waals surface area contributed by atoms with Crippen LogP contribution in [0, 0.1) is 0 Å². The third-order valence-electron chi connectivity index (χ3n) is 3.80. The van der Waals surface area contributed by atoms with Gasteiger partial charge in [0.05, 0.1) is 13.1 Å². The minimum absolute atomic E-state index is 0.0150. The van der Waals surface area contributed by atoms with Crippen molar-refractivity contribution in [2.75, 3.05) is 31.1 Å².